The van der Waals surface area contributed by atoms with Crippen LogP contribution < -0.4 is 0 Å². The second-order valence-electron chi connectivity index (χ2n) is 3.90. The van der Waals surface area contributed by atoms with E-state index in [1.54, 1.807) is 11.1 Å². The van der Waals surface area contributed by atoms with E-state index in [1.807, 2.05) is 0 Å². The van der Waals surface area contributed by atoms with Crippen LogP contribution in [-0.2, 0) is 0 Å². The van der Waals surface area contributed by atoms with Crippen LogP contribution in [0.4, 0.5) is 0 Å². The minimum atomic E-state index is 0.790. The summed E-state index contributed by atoms with van der Waals surface area (Å²) in [6, 6.07) is 0. The highest BCUT2D eigenvalue weighted by Gasteiger charge is 2.21. The third-order valence-electron chi connectivity index (χ3n) is 3.04. The molecule has 64 valence electrons. The third-order valence-corrected chi connectivity index (χ3v) is 3.04. The van der Waals surface area contributed by atoms with Gasteiger partial charge in [-0.15, -0.1) is 0 Å². The van der Waals surface area contributed by atoms with Gasteiger partial charge in [-0.2, -0.15) is 0 Å². The monoisotopic (exact) mass is 160 g/mol. The zero-order chi connectivity index (χ0) is 8.55. The number of allylic oxidation sites excluding steroid dienone is 6. The van der Waals surface area contributed by atoms with Crippen molar-refractivity contribution < 1.29 is 0 Å². The lowest BCUT2D eigenvalue weighted by molar-refractivity contribution is 0.679. The zero-order valence-electron chi connectivity index (χ0n) is 7.93. The minimum absolute atomic E-state index is 0.790. The Kier molecular flexibility index (Phi) is 1.92. The van der Waals surface area contributed by atoms with Crippen LogP contribution in [0.3, 0.4) is 0 Å². The molecule has 0 N–H and O–H groups in total. The highest BCUT2D eigenvalue weighted by Crippen LogP contribution is 2.37. The minimum Gasteiger partial charge on any atom is -0.0804 e. The summed E-state index contributed by atoms with van der Waals surface area (Å²) in [7, 11) is 0. The van der Waals surface area contributed by atoms with Gasteiger partial charge in [-0.05, 0) is 43.3 Å². The standard InChI is InChI=1S/C12H16/c1-9-5-3-4-6-11-10(2)7-8-12(9)11/h4-6,10H,3,7-8H2,1-2H3. The van der Waals surface area contributed by atoms with Crippen molar-refractivity contribution in [2.24, 2.45) is 5.92 Å². The van der Waals surface area contributed by atoms with Crippen LogP contribution in [0, 0.1) is 5.92 Å². The summed E-state index contributed by atoms with van der Waals surface area (Å²) in [6.07, 6.45) is 10.7. The Bertz CT molecular complexity index is 276. The summed E-state index contributed by atoms with van der Waals surface area (Å²) >= 11 is 0. The van der Waals surface area contributed by atoms with Crippen molar-refractivity contribution >= 4 is 0 Å². The maximum Gasteiger partial charge on any atom is -0.0160 e. The predicted molar refractivity (Wildman–Crippen MR) is 52.9 cm³/mol. The number of hydrogen-bond donors (Lipinski definition) is 0. The van der Waals surface area contributed by atoms with Crippen molar-refractivity contribution in [2.45, 2.75) is 33.1 Å². The lowest BCUT2D eigenvalue weighted by atomic mass is 10.0. The van der Waals surface area contributed by atoms with Crippen molar-refractivity contribution in [3.05, 3.63) is 34.9 Å². The first-order chi connectivity index (χ1) is 5.79. The second-order valence-corrected chi connectivity index (χ2v) is 3.90. The average molecular weight is 160 g/mol. The number of rotatable bonds is 0. The first-order valence-electron chi connectivity index (χ1n) is 4.86. The van der Waals surface area contributed by atoms with E-state index in [9.17, 15) is 0 Å². The molecule has 0 fully saturated rings. The molecular formula is C12H16. The molecule has 12 heavy (non-hydrogen) atoms. The Morgan fingerprint density at radius 3 is 3.08 bits per heavy atom. The molecule has 0 heteroatoms. The fourth-order valence-corrected chi connectivity index (χ4v) is 2.21. The van der Waals surface area contributed by atoms with E-state index in [2.05, 4.69) is 32.1 Å². The van der Waals surface area contributed by atoms with E-state index in [0.29, 0.717) is 0 Å². The molecule has 0 saturated carbocycles. The van der Waals surface area contributed by atoms with E-state index >= 15 is 0 Å². The zero-order valence-corrected chi connectivity index (χ0v) is 7.93. The van der Waals surface area contributed by atoms with Crippen LogP contribution in [0.15, 0.2) is 34.9 Å². The molecule has 0 bridgehead atoms. The molecule has 2 aliphatic rings. The maximum atomic E-state index is 2.34. The Balaban J connectivity index is 2.43. The molecule has 0 saturated heterocycles. The average Bonchev–Trinajstić information content (AvgIpc) is 2.30. The molecule has 1 atom stereocenters. The number of hydrogen-bond acceptors (Lipinski definition) is 0. The highest BCUT2D eigenvalue weighted by molar-refractivity contribution is 5.45. The van der Waals surface area contributed by atoms with Crippen LogP contribution in [-0.4, -0.2) is 0 Å². The smallest absolute Gasteiger partial charge is 0.0160 e. The van der Waals surface area contributed by atoms with Gasteiger partial charge in [-0.25, -0.2) is 0 Å². The fraction of sp³-hybridized carbons (Fsp3) is 0.500. The van der Waals surface area contributed by atoms with E-state index in [0.717, 1.165) is 12.3 Å². The van der Waals surface area contributed by atoms with Crippen molar-refractivity contribution in [3.8, 4) is 0 Å². The molecule has 0 amide bonds. The molecule has 2 aliphatic carbocycles. The lowest BCUT2D eigenvalue weighted by Gasteiger charge is -2.04. The van der Waals surface area contributed by atoms with Gasteiger partial charge in [0.05, 0.1) is 0 Å². The quantitative estimate of drug-likeness (QED) is 0.507. The first-order valence-corrected chi connectivity index (χ1v) is 4.86. The summed E-state index contributed by atoms with van der Waals surface area (Å²) in [6.45, 7) is 4.59. The molecular weight excluding hydrogens is 144 g/mol. The summed E-state index contributed by atoms with van der Waals surface area (Å²) in [5.41, 5.74) is 4.73. The molecule has 0 aliphatic heterocycles. The van der Waals surface area contributed by atoms with Crippen molar-refractivity contribution in [1.82, 2.24) is 0 Å². The third kappa shape index (κ3) is 1.16. The van der Waals surface area contributed by atoms with Crippen molar-refractivity contribution in [3.63, 3.8) is 0 Å². The van der Waals surface area contributed by atoms with Crippen LogP contribution >= 0.6 is 0 Å². The molecule has 0 spiro atoms. The molecule has 0 radical (unpaired) electrons. The topological polar surface area (TPSA) is 0 Å². The van der Waals surface area contributed by atoms with Crippen LogP contribution in [0.25, 0.3) is 0 Å². The summed E-state index contributed by atoms with van der Waals surface area (Å²) in [5.74, 6) is 0.790. The Morgan fingerprint density at radius 2 is 2.25 bits per heavy atom. The Labute approximate surface area is 74.7 Å². The molecule has 0 aromatic heterocycles. The van der Waals surface area contributed by atoms with Crippen molar-refractivity contribution in [2.75, 3.05) is 0 Å². The van der Waals surface area contributed by atoms with Gasteiger partial charge in [-0.3, -0.25) is 0 Å². The highest BCUT2D eigenvalue weighted by atomic mass is 14.3. The van der Waals surface area contributed by atoms with Crippen LogP contribution in [0.5, 0.6) is 0 Å². The van der Waals surface area contributed by atoms with E-state index in [4.69, 9.17) is 0 Å². The van der Waals surface area contributed by atoms with Crippen LogP contribution in [0.1, 0.15) is 33.1 Å². The van der Waals surface area contributed by atoms with Gasteiger partial charge in [0.2, 0.25) is 0 Å². The molecule has 2 rings (SSSR count). The lowest BCUT2D eigenvalue weighted by Crippen LogP contribution is -1.89. The van der Waals surface area contributed by atoms with Crippen molar-refractivity contribution in [1.29, 1.82) is 0 Å². The normalized spacial score (nSPS) is 28.5. The van der Waals surface area contributed by atoms with E-state index < -0.39 is 0 Å². The molecule has 1 unspecified atom stereocenters. The van der Waals surface area contributed by atoms with Gasteiger partial charge in [0, 0.05) is 0 Å². The summed E-state index contributed by atoms with van der Waals surface area (Å²) in [5, 5.41) is 0. The first kappa shape index (κ1) is 7.85. The summed E-state index contributed by atoms with van der Waals surface area (Å²) < 4.78 is 0. The second kappa shape index (κ2) is 2.93. The van der Waals surface area contributed by atoms with Gasteiger partial charge in [0.15, 0.2) is 0 Å². The fourth-order valence-electron chi connectivity index (χ4n) is 2.21. The molecule has 0 aromatic carbocycles. The molecule has 0 aromatic rings. The van der Waals surface area contributed by atoms with Gasteiger partial charge < -0.3 is 0 Å². The Hall–Kier alpha value is -0.780. The summed E-state index contributed by atoms with van der Waals surface area (Å²) in [4.78, 5) is 0. The van der Waals surface area contributed by atoms with Gasteiger partial charge in [-0.1, -0.05) is 30.7 Å². The maximum absolute atomic E-state index is 2.34. The van der Waals surface area contributed by atoms with Gasteiger partial charge in [0.1, 0.15) is 0 Å². The van der Waals surface area contributed by atoms with Crippen LogP contribution in [0.2, 0.25) is 0 Å². The van der Waals surface area contributed by atoms with E-state index in [-0.39, 0.29) is 0 Å². The Morgan fingerprint density at radius 1 is 1.42 bits per heavy atom. The van der Waals surface area contributed by atoms with E-state index in [1.165, 1.54) is 18.4 Å². The molecule has 0 nitrogen and oxygen atoms in total. The largest absolute Gasteiger partial charge is 0.0804 e. The predicted octanol–water partition coefficient (Wildman–Crippen LogP) is 3.62. The molecule has 0 heterocycles. The van der Waals surface area contributed by atoms with Gasteiger partial charge >= 0.3 is 0 Å². The SMILES string of the molecule is CC1=CCC=CC2=C1CCC2C. The van der Waals surface area contributed by atoms with Gasteiger partial charge in [0.25, 0.3) is 0 Å².